The van der Waals surface area contributed by atoms with Crippen molar-refractivity contribution < 1.29 is 9.29 Å². The molecule has 3 aromatic rings. The van der Waals surface area contributed by atoms with Crippen molar-refractivity contribution in [1.82, 2.24) is 9.97 Å². The molecule has 4 rings (SSSR count). The smallest absolute Gasteiger partial charge is 0.162 e. The molecular weight excluding hydrogens is 353 g/mol. The Balaban J connectivity index is 1.90. The number of anilines is 1. The van der Waals surface area contributed by atoms with Crippen LogP contribution in [-0.2, 0) is 0 Å². The molecule has 1 aliphatic rings. The predicted molar refractivity (Wildman–Crippen MR) is 106 cm³/mol. The number of benzene rings is 2. The molecule has 0 saturated carbocycles. The van der Waals surface area contributed by atoms with Crippen molar-refractivity contribution in [2.45, 2.75) is 0 Å². The van der Waals surface area contributed by atoms with Crippen LogP contribution in [0.3, 0.4) is 0 Å². The summed E-state index contributed by atoms with van der Waals surface area (Å²) in [4.78, 5) is 13.1. The van der Waals surface area contributed by atoms with Gasteiger partial charge in [0.2, 0.25) is 0 Å². The van der Waals surface area contributed by atoms with E-state index in [1.807, 2.05) is 30.3 Å². The van der Waals surface area contributed by atoms with E-state index in [1.54, 1.807) is 12.1 Å². The van der Waals surface area contributed by atoms with Gasteiger partial charge in [0.25, 0.3) is 0 Å². The maximum absolute atomic E-state index is 13.4. The Morgan fingerprint density at radius 3 is 2.29 bits per heavy atom. The molecule has 0 aliphatic carbocycles. The number of aromatic nitrogens is 2. The van der Waals surface area contributed by atoms with Gasteiger partial charge < -0.3 is 9.80 Å². The normalized spacial score (nSPS) is 14.7. The van der Waals surface area contributed by atoms with Gasteiger partial charge in [0.15, 0.2) is 11.6 Å². The Bertz CT molecular complexity index is 1000. The molecule has 1 aromatic heterocycles. The summed E-state index contributed by atoms with van der Waals surface area (Å²) in [6, 6.07) is 18.1. The monoisotopic (exact) mass is 374 g/mol. The van der Waals surface area contributed by atoms with Crippen LogP contribution in [0, 0.1) is 17.1 Å². The van der Waals surface area contributed by atoms with Crippen LogP contribution in [0.15, 0.2) is 54.6 Å². The Morgan fingerprint density at radius 1 is 0.964 bits per heavy atom. The van der Waals surface area contributed by atoms with Crippen molar-refractivity contribution in [3.63, 3.8) is 0 Å². The maximum atomic E-state index is 13.4. The molecule has 6 heteroatoms. The molecule has 2 aromatic carbocycles. The number of quaternary nitrogens is 1. The van der Waals surface area contributed by atoms with Crippen molar-refractivity contribution in [3.8, 4) is 28.7 Å². The van der Waals surface area contributed by atoms with E-state index in [0.717, 1.165) is 31.7 Å². The zero-order valence-corrected chi connectivity index (χ0v) is 15.7. The first-order valence-electron chi connectivity index (χ1n) is 9.35. The first-order valence-corrected chi connectivity index (χ1v) is 9.35. The highest BCUT2D eigenvalue weighted by Crippen LogP contribution is 2.31. The first kappa shape index (κ1) is 18.1. The average Bonchev–Trinajstić information content (AvgIpc) is 2.74. The van der Waals surface area contributed by atoms with Crippen molar-refractivity contribution >= 4 is 5.82 Å². The van der Waals surface area contributed by atoms with Crippen molar-refractivity contribution in [3.05, 3.63) is 66.0 Å². The summed E-state index contributed by atoms with van der Waals surface area (Å²) < 4.78 is 13.4. The van der Waals surface area contributed by atoms with Crippen LogP contribution in [0.25, 0.3) is 22.6 Å². The third-order valence-electron chi connectivity index (χ3n) is 5.07. The molecule has 2 heterocycles. The lowest BCUT2D eigenvalue weighted by molar-refractivity contribution is -0.880. The lowest BCUT2D eigenvalue weighted by atomic mass is 10.1. The Labute approximate surface area is 163 Å². The van der Waals surface area contributed by atoms with Gasteiger partial charge in [0.1, 0.15) is 17.4 Å². The number of piperazine rings is 1. The molecule has 1 fully saturated rings. The summed E-state index contributed by atoms with van der Waals surface area (Å²) in [7, 11) is 2.17. The van der Waals surface area contributed by atoms with Crippen LogP contribution in [-0.4, -0.2) is 43.2 Å². The van der Waals surface area contributed by atoms with Gasteiger partial charge in [0, 0.05) is 11.1 Å². The molecule has 0 radical (unpaired) electrons. The zero-order valence-electron chi connectivity index (χ0n) is 15.7. The van der Waals surface area contributed by atoms with Crippen LogP contribution in [0.1, 0.15) is 5.56 Å². The fraction of sp³-hybridized carbons (Fsp3) is 0.227. The van der Waals surface area contributed by atoms with Gasteiger partial charge in [-0.1, -0.05) is 30.3 Å². The van der Waals surface area contributed by atoms with Gasteiger partial charge in [-0.2, -0.15) is 5.26 Å². The number of likely N-dealkylation sites (N-methyl/N-ethyl adjacent to an activating group) is 1. The molecule has 5 nitrogen and oxygen atoms in total. The molecule has 1 N–H and O–H groups in total. The van der Waals surface area contributed by atoms with Crippen LogP contribution >= 0.6 is 0 Å². The fourth-order valence-corrected chi connectivity index (χ4v) is 3.41. The zero-order chi connectivity index (χ0) is 19.5. The molecule has 0 unspecified atom stereocenters. The number of nitrogens with zero attached hydrogens (tertiary/aromatic N) is 4. The quantitative estimate of drug-likeness (QED) is 0.763. The molecule has 1 aliphatic heterocycles. The number of hydrogen-bond acceptors (Lipinski definition) is 4. The predicted octanol–water partition coefficient (Wildman–Crippen LogP) is 2.16. The second-order valence-corrected chi connectivity index (χ2v) is 7.02. The van der Waals surface area contributed by atoms with E-state index < -0.39 is 0 Å². The van der Waals surface area contributed by atoms with Crippen LogP contribution in [0.5, 0.6) is 0 Å². The van der Waals surface area contributed by atoms with Crippen LogP contribution in [0.4, 0.5) is 10.2 Å². The lowest BCUT2D eigenvalue weighted by Gasteiger charge is -2.31. The van der Waals surface area contributed by atoms with E-state index >= 15 is 0 Å². The third-order valence-corrected chi connectivity index (χ3v) is 5.07. The summed E-state index contributed by atoms with van der Waals surface area (Å²) in [5.74, 6) is 0.908. The highest BCUT2D eigenvalue weighted by molar-refractivity contribution is 5.76. The molecular formula is C22H21FN5+. The minimum Gasteiger partial charge on any atom is -0.344 e. The van der Waals surface area contributed by atoms with Gasteiger partial charge in [-0.05, 0) is 24.3 Å². The van der Waals surface area contributed by atoms with Gasteiger partial charge in [-0.3, -0.25) is 0 Å². The molecule has 28 heavy (non-hydrogen) atoms. The van der Waals surface area contributed by atoms with E-state index in [1.165, 1.54) is 17.0 Å². The number of hydrogen-bond donors (Lipinski definition) is 1. The topological polar surface area (TPSA) is 57.2 Å². The summed E-state index contributed by atoms with van der Waals surface area (Å²) in [6.45, 7) is 3.63. The first-order chi connectivity index (χ1) is 13.7. The fourth-order valence-electron chi connectivity index (χ4n) is 3.41. The second-order valence-electron chi connectivity index (χ2n) is 7.02. The molecule has 0 atom stereocenters. The van der Waals surface area contributed by atoms with Crippen molar-refractivity contribution in [1.29, 1.82) is 5.26 Å². The number of halogens is 1. The van der Waals surface area contributed by atoms with Crippen molar-refractivity contribution in [2.75, 3.05) is 38.1 Å². The van der Waals surface area contributed by atoms with E-state index in [4.69, 9.17) is 9.97 Å². The summed E-state index contributed by atoms with van der Waals surface area (Å²) in [5, 5.41) is 9.92. The van der Waals surface area contributed by atoms with E-state index in [-0.39, 0.29) is 5.82 Å². The molecule has 0 amide bonds. The maximum Gasteiger partial charge on any atom is 0.162 e. The minimum atomic E-state index is -0.318. The Morgan fingerprint density at radius 2 is 1.64 bits per heavy atom. The summed E-state index contributed by atoms with van der Waals surface area (Å²) in [6.07, 6.45) is 0. The molecule has 1 saturated heterocycles. The largest absolute Gasteiger partial charge is 0.344 e. The third kappa shape index (κ3) is 3.57. The average molecular weight is 374 g/mol. The van der Waals surface area contributed by atoms with Gasteiger partial charge in [-0.15, -0.1) is 0 Å². The molecule has 140 valence electrons. The molecule has 0 bridgehead atoms. The standard InChI is InChI=1S/C22H20FN5/c1-27-11-13-28(14-12-27)22-19(15-24)20(16-7-9-18(23)10-8-16)25-21(26-22)17-5-3-2-4-6-17/h2-10H,11-14H2,1H3/p+1. The lowest BCUT2D eigenvalue weighted by Crippen LogP contribution is -3.12. The minimum absolute atomic E-state index is 0.318. The molecule has 0 spiro atoms. The number of rotatable bonds is 3. The summed E-state index contributed by atoms with van der Waals surface area (Å²) >= 11 is 0. The van der Waals surface area contributed by atoms with Crippen LogP contribution in [0.2, 0.25) is 0 Å². The van der Waals surface area contributed by atoms with E-state index in [0.29, 0.717) is 28.5 Å². The second kappa shape index (κ2) is 7.75. The van der Waals surface area contributed by atoms with E-state index in [2.05, 4.69) is 18.0 Å². The van der Waals surface area contributed by atoms with Crippen molar-refractivity contribution in [2.24, 2.45) is 0 Å². The van der Waals surface area contributed by atoms with Gasteiger partial charge in [0.05, 0.1) is 38.9 Å². The van der Waals surface area contributed by atoms with Crippen LogP contribution < -0.4 is 9.80 Å². The van der Waals surface area contributed by atoms with Gasteiger partial charge in [-0.25, -0.2) is 14.4 Å². The Kier molecular flexibility index (Phi) is 5.00. The Hall–Kier alpha value is -3.30. The highest BCUT2D eigenvalue weighted by Gasteiger charge is 2.25. The van der Waals surface area contributed by atoms with E-state index in [9.17, 15) is 9.65 Å². The number of nitriles is 1. The highest BCUT2D eigenvalue weighted by atomic mass is 19.1. The number of nitrogens with one attached hydrogen (secondary N) is 1. The SMILES string of the molecule is C[NH+]1CCN(c2nc(-c3ccccc3)nc(-c3ccc(F)cc3)c2C#N)CC1. The van der Waals surface area contributed by atoms with Gasteiger partial charge >= 0.3 is 0 Å². The summed E-state index contributed by atoms with van der Waals surface area (Å²) in [5.41, 5.74) is 2.57.